The summed E-state index contributed by atoms with van der Waals surface area (Å²) in [4.78, 5) is 32.7. The number of methoxy groups -OCH3 is 2. The van der Waals surface area contributed by atoms with E-state index in [0.717, 1.165) is 25.8 Å². The van der Waals surface area contributed by atoms with Crippen LogP contribution in [0.1, 0.15) is 36.1 Å². The summed E-state index contributed by atoms with van der Waals surface area (Å²) in [6.45, 7) is 0.459. The van der Waals surface area contributed by atoms with E-state index >= 15 is 4.39 Å². The summed E-state index contributed by atoms with van der Waals surface area (Å²) in [5.74, 6) is 0.466. The highest BCUT2D eigenvalue weighted by atomic mass is 35.5. The summed E-state index contributed by atoms with van der Waals surface area (Å²) < 4.78 is 53.3. The van der Waals surface area contributed by atoms with Crippen LogP contribution in [0, 0.1) is 5.92 Å². The monoisotopic (exact) mass is 886 g/mol. The molecule has 0 unspecified atom stereocenters. The minimum absolute atomic E-state index is 0.0130. The molecular weight excluding hydrogens is 841 g/mol. The SMILES string of the molecule is COc1ccc(C(Nc2ccn([C@@H]3O[C@@](CO)(CCl)[C@@H](C)[C@@H]3F)c(=O)n2)(c2ccccc2)c2ccc(OC)cc2)cc1.Nc1ccn([C@@H]2O[C@@](CO)(CCl)[C@@H](O)[C@@H]2F)c(=O)n1. The number of nitrogens with one attached hydrogen (secondary N) is 1. The first kappa shape index (κ1) is 45.4. The summed E-state index contributed by atoms with van der Waals surface area (Å²) in [7, 11) is 3.21. The summed E-state index contributed by atoms with van der Waals surface area (Å²) in [6, 6.07) is 28.0. The van der Waals surface area contributed by atoms with Gasteiger partial charge in [-0.25, -0.2) is 18.4 Å². The number of halogens is 4. The van der Waals surface area contributed by atoms with Gasteiger partial charge in [-0.15, -0.1) is 23.2 Å². The number of alkyl halides is 4. The predicted octanol–water partition coefficient (Wildman–Crippen LogP) is 4.16. The van der Waals surface area contributed by atoms with Crippen molar-refractivity contribution >= 4 is 34.8 Å². The number of rotatable bonds is 13. The molecule has 2 aromatic heterocycles. The van der Waals surface area contributed by atoms with E-state index in [-0.39, 0.29) is 23.4 Å². The van der Waals surface area contributed by atoms with Crippen molar-refractivity contribution in [1.82, 2.24) is 19.1 Å². The van der Waals surface area contributed by atoms with Gasteiger partial charge in [0.25, 0.3) is 0 Å². The van der Waals surface area contributed by atoms with Crippen molar-refractivity contribution in [2.75, 3.05) is 50.2 Å². The molecule has 2 aliphatic heterocycles. The second kappa shape index (κ2) is 18.9. The Morgan fingerprint density at radius 1 is 0.754 bits per heavy atom. The van der Waals surface area contributed by atoms with E-state index < -0.39 is 78.2 Å². The molecule has 2 aliphatic rings. The second-order valence-corrected chi connectivity index (χ2v) is 15.1. The lowest BCUT2D eigenvalue weighted by Crippen LogP contribution is -2.47. The van der Waals surface area contributed by atoms with E-state index in [2.05, 4.69) is 15.3 Å². The number of nitrogens with zero attached hydrogens (tertiary/aromatic N) is 4. The zero-order valence-corrected chi connectivity index (χ0v) is 34.8. The Kier molecular flexibility index (Phi) is 14.0. The number of nitrogens with two attached hydrogens (primary N) is 1. The van der Waals surface area contributed by atoms with E-state index in [4.69, 9.17) is 47.9 Å². The van der Waals surface area contributed by atoms with E-state index in [0.29, 0.717) is 11.5 Å². The van der Waals surface area contributed by atoms with Gasteiger partial charge in [0.05, 0.1) is 39.2 Å². The van der Waals surface area contributed by atoms with Crippen molar-refractivity contribution in [2.24, 2.45) is 5.92 Å². The van der Waals surface area contributed by atoms with Crippen LogP contribution in [0.2, 0.25) is 0 Å². The van der Waals surface area contributed by atoms with Crippen molar-refractivity contribution in [1.29, 1.82) is 0 Å². The zero-order chi connectivity index (χ0) is 44.1. The first-order chi connectivity index (χ1) is 29.3. The number of benzene rings is 3. The number of anilines is 2. The van der Waals surface area contributed by atoms with Crippen molar-refractivity contribution in [3.63, 3.8) is 0 Å². The number of nitrogen functional groups attached to an aromatic ring is 1. The largest absolute Gasteiger partial charge is 0.497 e. The van der Waals surface area contributed by atoms with Crippen LogP contribution in [0.4, 0.5) is 20.4 Å². The number of ether oxygens (including phenoxy) is 4. The summed E-state index contributed by atoms with van der Waals surface area (Å²) in [5.41, 5.74) is 2.45. The molecule has 6 N–H and O–H groups in total. The van der Waals surface area contributed by atoms with Gasteiger partial charge in [-0.3, -0.25) is 9.13 Å². The van der Waals surface area contributed by atoms with Crippen LogP contribution >= 0.6 is 23.2 Å². The third-order valence-corrected chi connectivity index (χ3v) is 12.1. The molecule has 2 saturated heterocycles. The highest BCUT2D eigenvalue weighted by molar-refractivity contribution is 6.18. The summed E-state index contributed by atoms with van der Waals surface area (Å²) >= 11 is 11.7. The number of hydrogen-bond donors (Lipinski definition) is 5. The van der Waals surface area contributed by atoms with Crippen LogP contribution < -0.4 is 31.9 Å². The van der Waals surface area contributed by atoms with E-state index in [1.807, 2.05) is 78.9 Å². The fourth-order valence-corrected chi connectivity index (χ4v) is 8.12. The molecule has 7 rings (SSSR count). The lowest BCUT2D eigenvalue weighted by Gasteiger charge is -2.37. The van der Waals surface area contributed by atoms with Crippen LogP contribution in [0.15, 0.2) is 113 Å². The van der Waals surface area contributed by atoms with Gasteiger partial charge in [0.15, 0.2) is 24.8 Å². The molecule has 5 aromatic rings. The van der Waals surface area contributed by atoms with Gasteiger partial charge in [0.2, 0.25) is 0 Å². The number of hydrogen-bond acceptors (Lipinski definition) is 13. The van der Waals surface area contributed by atoms with Crippen molar-refractivity contribution in [2.45, 2.75) is 54.6 Å². The lowest BCUT2D eigenvalue weighted by atomic mass is 9.77. The Hall–Kier alpha value is -5.14. The molecule has 0 saturated carbocycles. The Balaban J connectivity index is 0.000000273. The van der Waals surface area contributed by atoms with E-state index in [9.17, 15) is 29.3 Å². The van der Waals surface area contributed by atoms with Gasteiger partial charge >= 0.3 is 11.4 Å². The highest BCUT2D eigenvalue weighted by Gasteiger charge is 2.56. The smallest absolute Gasteiger partial charge is 0.351 e. The van der Waals surface area contributed by atoms with Gasteiger partial charge in [0, 0.05) is 18.3 Å². The quantitative estimate of drug-likeness (QED) is 0.0834. The van der Waals surface area contributed by atoms with Crippen LogP contribution in [-0.2, 0) is 15.0 Å². The number of aromatic nitrogens is 4. The topological polar surface area (TPSA) is 205 Å². The van der Waals surface area contributed by atoms with Crippen molar-refractivity contribution in [3.05, 3.63) is 141 Å². The van der Waals surface area contributed by atoms with Gasteiger partial charge in [-0.05, 0) is 53.1 Å². The van der Waals surface area contributed by atoms with Gasteiger partial charge in [0.1, 0.15) is 46.0 Å². The summed E-state index contributed by atoms with van der Waals surface area (Å²) in [6.07, 6.45) is -5.18. The standard InChI is InChI=1S/C32H33ClFN3O5.C10H13ClFN3O4/c1-21-28(34)29(42-31(21,19-33)20-38)37-18-17-27(35-30(37)39)36-32(22-7-5-4-6-8-22,23-9-13-25(40-2)14-10-23)24-11-15-26(41-3)16-12-24;11-3-10(4-16)7(17)6(12)8(19-10)15-2-1-5(13)14-9(15)18/h4-18,21,28-29,38H,19-20H2,1-3H3,(H,35,36,39);1-2,6-8,16-17H,3-4H2,(H2,13,14,18)/t21-,28-,29+,31+;6-,7-,8+,10+/m00/s1. The minimum Gasteiger partial charge on any atom is -0.497 e. The number of aliphatic hydroxyl groups excluding tert-OH is 3. The van der Waals surface area contributed by atoms with E-state index in [1.165, 1.54) is 18.5 Å². The molecule has 8 atom stereocenters. The van der Waals surface area contributed by atoms with Crippen LogP contribution in [0.3, 0.4) is 0 Å². The molecule has 3 aromatic carbocycles. The molecule has 2 fully saturated rings. The molecule has 0 aliphatic carbocycles. The van der Waals surface area contributed by atoms with Crippen molar-refractivity contribution < 1.29 is 43.0 Å². The molecule has 326 valence electrons. The molecule has 15 nitrogen and oxygen atoms in total. The van der Waals surface area contributed by atoms with E-state index in [1.54, 1.807) is 27.2 Å². The maximum atomic E-state index is 15.4. The first-order valence-electron chi connectivity index (χ1n) is 19.0. The fraction of sp³-hybridized carbons (Fsp3) is 0.381. The van der Waals surface area contributed by atoms with Gasteiger partial charge < -0.3 is 45.3 Å². The Bertz CT molecular complexity index is 2310. The van der Waals surface area contributed by atoms with Gasteiger partial charge in [-0.2, -0.15) is 9.97 Å². The van der Waals surface area contributed by atoms with Crippen molar-refractivity contribution in [3.8, 4) is 11.5 Å². The molecule has 4 heterocycles. The molecule has 0 bridgehead atoms. The molecule has 0 amide bonds. The summed E-state index contributed by atoms with van der Waals surface area (Å²) in [5, 5.41) is 32.4. The Morgan fingerprint density at radius 2 is 1.23 bits per heavy atom. The zero-order valence-electron chi connectivity index (χ0n) is 33.3. The molecule has 61 heavy (non-hydrogen) atoms. The Morgan fingerprint density at radius 3 is 1.67 bits per heavy atom. The third-order valence-electron chi connectivity index (χ3n) is 11.2. The molecule has 0 radical (unpaired) electrons. The number of aliphatic hydroxyl groups is 3. The average Bonchev–Trinajstić information content (AvgIpc) is 3.70. The van der Waals surface area contributed by atoms with Crippen LogP contribution in [-0.4, -0.2) is 103 Å². The maximum absolute atomic E-state index is 15.4. The average molecular weight is 888 g/mol. The molecular formula is C42H46Cl2F2N6O9. The lowest BCUT2D eigenvalue weighted by molar-refractivity contribution is -0.115. The van der Waals surface area contributed by atoms with Gasteiger partial charge in [-0.1, -0.05) is 61.5 Å². The predicted molar refractivity (Wildman–Crippen MR) is 224 cm³/mol. The third kappa shape index (κ3) is 8.55. The first-order valence-corrected chi connectivity index (χ1v) is 20.1. The maximum Gasteiger partial charge on any atom is 0.351 e. The second-order valence-electron chi connectivity index (χ2n) is 14.6. The Labute approximate surface area is 359 Å². The molecule has 19 heteroatoms. The fourth-order valence-electron chi connectivity index (χ4n) is 7.43. The van der Waals surface area contributed by atoms with Crippen LogP contribution in [0.5, 0.6) is 11.5 Å². The van der Waals surface area contributed by atoms with Crippen LogP contribution in [0.25, 0.3) is 0 Å². The highest BCUT2D eigenvalue weighted by Crippen LogP contribution is 2.44. The minimum atomic E-state index is -1.92. The molecule has 0 spiro atoms. The normalized spacial score (nSPS) is 26.0.